The first-order valence-corrected chi connectivity index (χ1v) is 11.6. The van der Waals surface area contributed by atoms with Gasteiger partial charge in [0.25, 0.3) is 5.56 Å². The standard InChI is InChI=1S/C22H21N3O2S2/c1-14-6-8-15(9-7-14)13-28-22-24-18-17-5-2-10-23-20(17)29-19(18)21(26)25(22)12-16-4-3-11-27-16/h2,5-10,16H,3-4,11-13H2,1H3. The number of thioether (sulfide) groups is 1. The molecule has 5 rings (SSSR count). The van der Waals surface area contributed by atoms with Crippen molar-refractivity contribution in [2.24, 2.45) is 0 Å². The number of rotatable bonds is 5. The molecule has 1 aliphatic heterocycles. The van der Waals surface area contributed by atoms with Gasteiger partial charge in [-0.2, -0.15) is 0 Å². The monoisotopic (exact) mass is 423 g/mol. The first-order valence-electron chi connectivity index (χ1n) is 9.77. The molecule has 0 amide bonds. The van der Waals surface area contributed by atoms with Gasteiger partial charge in [-0.1, -0.05) is 41.6 Å². The highest BCUT2D eigenvalue weighted by molar-refractivity contribution is 7.98. The average Bonchev–Trinajstić information content (AvgIpc) is 3.38. The number of fused-ring (bicyclic) bond motifs is 3. The predicted molar refractivity (Wildman–Crippen MR) is 119 cm³/mol. The van der Waals surface area contributed by atoms with Crippen molar-refractivity contribution < 1.29 is 4.74 Å². The van der Waals surface area contributed by atoms with Crippen molar-refractivity contribution in [3.05, 3.63) is 64.1 Å². The van der Waals surface area contributed by atoms with E-state index in [1.54, 1.807) is 18.0 Å². The maximum Gasteiger partial charge on any atom is 0.272 e. The van der Waals surface area contributed by atoms with Crippen molar-refractivity contribution in [2.75, 3.05) is 6.61 Å². The third-order valence-corrected chi connectivity index (χ3v) is 7.35. The average molecular weight is 424 g/mol. The van der Waals surface area contributed by atoms with E-state index in [-0.39, 0.29) is 11.7 Å². The Morgan fingerprint density at radius 3 is 2.93 bits per heavy atom. The van der Waals surface area contributed by atoms with Crippen LogP contribution in [0.4, 0.5) is 0 Å². The van der Waals surface area contributed by atoms with Gasteiger partial charge in [0.05, 0.1) is 18.2 Å². The summed E-state index contributed by atoms with van der Waals surface area (Å²) in [6.45, 7) is 3.41. The molecule has 1 saturated heterocycles. The molecule has 7 heteroatoms. The van der Waals surface area contributed by atoms with E-state index in [4.69, 9.17) is 9.72 Å². The van der Waals surface area contributed by atoms with Crippen molar-refractivity contribution in [1.82, 2.24) is 14.5 Å². The first kappa shape index (κ1) is 18.8. The summed E-state index contributed by atoms with van der Waals surface area (Å²) in [4.78, 5) is 23.6. The van der Waals surface area contributed by atoms with E-state index < -0.39 is 0 Å². The first-order chi connectivity index (χ1) is 14.2. The lowest BCUT2D eigenvalue weighted by atomic mass is 10.2. The van der Waals surface area contributed by atoms with Crippen molar-refractivity contribution in [3.8, 4) is 0 Å². The number of hydrogen-bond acceptors (Lipinski definition) is 6. The van der Waals surface area contributed by atoms with Gasteiger partial charge in [-0.25, -0.2) is 9.97 Å². The van der Waals surface area contributed by atoms with Gasteiger partial charge in [0.15, 0.2) is 5.16 Å². The molecular formula is C22H21N3O2S2. The molecule has 4 heterocycles. The van der Waals surface area contributed by atoms with Crippen LogP contribution < -0.4 is 5.56 Å². The number of ether oxygens (including phenoxy) is 1. The number of aromatic nitrogens is 3. The molecule has 1 fully saturated rings. The molecule has 29 heavy (non-hydrogen) atoms. The second-order valence-corrected chi connectivity index (χ2v) is 9.30. The van der Waals surface area contributed by atoms with Crippen LogP contribution in [0.2, 0.25) is 0 Å². The Hall–Kier alpha value is -2.22. The summed E-state index contributed by atoms with van der Waals surface area (Å²) in [5.41, 5.74) is 3.24. The quantitative estimate of drug-likeness (QED) is 0.341. The van der Waals surface area contributed by atoms with Crippen LogP contribution >= 0.6 is 23.1 Å². The minimum atomic E-state index is 0.0138. The molecule has 1 atom stereocenters. The van der Waals surface area contributed by atoms with E-state index in [0.29, 0.717) is 11.2 Å². The molecule has 3 aromatic heterocycles. The minimum absolute atomic E-state index is 0.0138. The van der Waals surface area contributed by atoms with Gasteiger partial charge in [-0.15, -0.1) is 11.3 Å². The van der Waals surface area contributed by atoms with E-state index in [2.05, 4.69) is 36.2 Å². The lowest BCUT2D eigenvalue weighted by Gasteiger charge is -2.15. The lowest BCUT2D eigenvalue weighted by Crippen LogP contribution is -2.28. The third-order valence-electron chi connectivity index (χ3n) is 5.22. The van der Waals surface area contributed by atoms with E-state index >= 15 is 0 Å². The highest BCUT2D eigenvalue weighted by Gasteiger charge is 2.22. The highest BCUT2D eigenvalue weighted by atomic mass is 32.2. The maximum atomic E-state index is 13.4. The molecule has 0 bridgehead atoms. The Kier molecular flexibility index (Phi) is 5.11. The lowest BCUT2D eigenvalue weighted by molar-refractivity contribution is 0.0938. The van der Waals surface area contributed by atoms with Gasteiger partial charge < -0.3 is 4.74 Å². The predicted octanol–water partition coefficient (Wildman–Crippen LogP) is 4.79. The van der Waals surface area contributed by atoms with Gasteiger partial charge in [-0.05, 0) is 37.5 Å². The summed E-state index contributed by atoms with van der Waals surface area (Å²) < 4.78 is 8.30. The van der Waals surface area contributed by atoms with Gasteiger partial charge >= 0.3 is 0 Å². The normalized spacial score (nSPS) is 16.8. The fraction of sp³-hybridized carbons (Fsp3) is 0.318. The van der Waals surface area contributed by atoms with Gasteiger partial charge in [0.2, 0.25) is 0 Å². The second-order valence-electron chi connectivity index (χ2n) is 7.36. The topological polar surface area (TPSA) is 57.0 Å². The van der Waals surface area contributed by atoms with Gasteiger partial charge in [-0.3, -0.25) is 9.36 Å². The number of aryl methyl sites for hydroxylation is 1. The molecule has 0 N–H and O–H groups in total. The van der Waals surface area contributed by atoms with E-state index in [0.717, 1.165) is 46.1 Å². The zero-order chi connectivity index (χ0) is 19.8. The van der Waals surface area contributed by atoms with E-state index in [1.165, 1.54) is 22.5 Å². The van der Waals surface area contributed by atoms with Crippen LogP contribution in [0.3, 0.4) is 0 Å². The Morgan fingerprint density at radius 1 is 1.28 bits per heavy atom. The SMILES string of the molecule is Cc1ccc(CSc2nc3c(sc4ncccc43)c(=O)n2CC2CCCO2)cc1. The van der Waals surface area contributed by atoms with Gasteiger partial charge in [0.1, 0.15) is 9.53 Å². The van der Waals surface area contributed by atoms with Crippen molar-refractivity contribution >= 4 is 43.5 Å². The zero-order valence-corrected chi connectivity index (χ0v) is 17.8. The molecule has 148 valence electrons. The zero-order valence-electron chi connectivity index (χ0n) is 16.1. The number of thiophene rings is 1. The number of benzene rings is 1. The second kappa shape index (κ2) is 7.89. The fourth-order valence-electron chi connectivity index (χ4n) is 3.64. The molecule has 0 aliphatic carbocycles. The molecule has 0 radical (unpaired) electrons. The summed E-state index contributed by atoms with van der Waals surface area (Å²) in [7, 11) is 0. The van der Waals surface area contributed by atoms with Crippen LogP contribution in [0, 0.1) is 6.92 Å². The van der Waals surface area contributed by atoms with Crippen LogP contribution in [0.15, 0.2) is 52.5 Å². The molecule has 0 spiro atoms. The number of hydrogen-bond donors (Lipinski definition) is 0. The Bertz CT molecular complexity index is 1220. The number of nitrogens with zero attached hydrogens (tertiary/aromatic N) is 3. The molecule has 0 saturated carbocycles. The molecule has 4 aromatic rings. The summed E-state index contributed by atoms with van der Waals surface area (Å²) in [5, 5.41) is 1.70. The van der Waals surface area contributed by atoms with E-state index in [9.17, 15) is 4.79 Å². The van der Waals surface area contributed by atoms with Gasteiger partial charge in [0, 0.05) is 23.9 Å². The molecule has 1 aliphatic rings. The summed E-state index contributed by atoms with van der Waals surface area (Å²) in [5.74, 6) is 0.768. The molecule has 1 unspecified atom stereocenters. The van der Waals surface area contributed by atoms with Crippen molar-refractivity contribution in [3.63, 3.8) is 0 Å². The highest BCUT2D eigenvalue weighted by Crippen LogP contribution is 2.31. The van der Waals surface area contributed by atoms with Crippen LogP contribution in [-0.4, -0.2) is 27.2 Å². The maximum absolute atomic E-state index is 13.4. The Balaban J connectivity index is 1.58. The summed E-state index contributed by atoms with van der Waals surface area (Å²) in [6, 6.07) is 12.4. The number of pyridine rings is 1. The van der Waals surface area contributed by atoms with Crippen molar-refractivity contribution in [2.45, 2.75) is 43.3 Å². The summed E-state index contributed by atoms with van der Waals surface area (Å²) >= 11 is 3.04. The Labute approximate surface area is 176 Å². The largest absolute Gasteiger partial charge is 0.376 e. The summed E-state index contributed by atoms with van der Waals surface area (Å²) in [6.07, 6.45) is 3.88. The minimum Gasteiger partial charge on any atom is -0.376 e. The Morgan fingerprint density at radius 2 is 2.14 bits per heavy atom. The molecule has 5 nitrogen and oxygen atoms in total. The third kappa shape index (κ3) is 3.70. The molecule has 1 aromatic carbocycles. The molecular weight excluding hydrogens is 402 g/mol. The smallest absolute Gasteiger partial charge is 0.272 e. The van der Waals surface area contributed by atoms with E-state index in [1.807, 2.05) is 16.7 Å². The van der Waals surface area contributed by atoms with Crippen LogP contribution in [-0.2, 0) is 17.0 Å². The fourth-order valence-corrected chi connectivity index (χ4v) is 5.63. The van der Waals surface area contributed by atoms with Crippen molar-refractivity contribution in [1.29, 1.82) is 0 Å². The van der Waals surface area contributed by atoms with Crippen LogP contribution in [0.25, 0.3) is 20.4 Å². The van der Waals surface area contributed by atoms with Crippen LogP contribution in [0.1, 0.15) is 24.0 Å². The van der Waals surface area contributed by atoms with Crippen LogP contribution in [0.5, 0.6) is 0 Å².